The van der Waals surface area contributed by atoms with Gasteiger partial charge in [-0.3, -0.25) is 0 Å². The first-order valence-electron chi connectivity index (χ1n) is 7.74. The highest BCUT2D eigenvalue weighted by Gasteiger charge is 2.67. The van der Waals surface area contributed by atoms with Gasteiger partial charge in [-0.15, -0.1) is 0 Å². The summed E-state index contributed by atoms with van der Waals surface area (Å²) in [6.45, 7) is 18.6. The molecule has 2 nitrogen and oxygen atoms in total. The second kappa shape index (κ2) is 4.21. The molecule has 0 aromatic heterocycles. The Balaban J connectivity index is 2.32. The predicted molar refractivity (Wildman–Crippen MR) is 78.7 cm³/mol. The summed E-state index contributed by atoms with van der Waals surface area (Å²) >= 11 is 0. The van der Waals surface area contributed by atoms with Crippen LogP contribution in [0.3, 0.4) is 0 Å². The first-order chi connectivity index (χ1) is 8.40. The Hall–Kier alpha value is -0.0800. The highest BCUT2D eigenvalue weighted by molar-refractivity contribution is 5.12. The maximum absolute atomic E-state index is 5.77. The Morgan fingerprint density at radius 1 is 1.05 bits per heavy atom. The maximum atomic E-state index is 5.77. The molecular formula is C17H32O2. The number of rotatable bonds is 1. The minimum atomic E-state index is -0.0926. The molecule has 1 aliphatic carbocycles. The van der Waals surface area contributed by atoms with Crippen LogP contribution in [-0.4, -0.2) is 11.7 Å². The SMILES string of the molecule is CC1CC(C)(CC(C)(C)C)C2OOC2(C(C)(C)C)C1. The minimum Gasteiger partial charge on any atom is -0.229 e. The van der Waals surface area contributed by atoms with E-state index >= 15 is 0 Å². The molecule has 19 heavy (non-hydrogen) atoms. The molecule has 0 N–H and O–H groups in total. The minimum absolute atomic E-state index is 0.0926. The van der Waals surface area contributed by atoms with Crippen LogP contribution in [0.25, 0.3) is 0 Å². The van der Waals surface area contributed by atoms with Crippen LogP contribution in [0.2, 0.25) is 0 Å². The third-order valence-corrected chi connectivity index (χ3v) is 5.02. The van der Waals surface area contributed by atoms with Crippen LogP contribution in [0.15, 0.2) is 0 Å². The first kappa shape index (κ1) is 15.3. The summed E-state index contributed by atoms with van der Waals surface area (Å²) in [5, 5.41) is 0. The Bertz CT molecular complexity index is 349. The summed E-state index contributed by atoms with van der Waals surface area (Å²) in [5.41, 5.74) is 0.588. The van der Waals surface area contributed by atoms with E-state index < -0.39 is 0 Å². The van der Waals surface area contributed by atoms with Crippen LogP contribution in [0, 0.1) is 22.2 Å². The summed E-state index contributed by atoms with van der Waals surface area (Å²) in [6, 6.07) is 0. The lowest BCUT2D eigenvalue weighted by Crippen LogP contribution is -2.72. The molecular weight excluding hydrogens is 236 g/mol. The lowest BCUT2D eigenvalue weighted by Gasteiger charge is -2.64. The van der Waals surface area contributed by atoms with Crippen LogP contribution in [0.5, 0.6) is 0 Å². The van der Waals surface area contributed by atoms with Gasteiger partial charge >= 0.3 is 0 Å². The highest BCUT2D eigenvalue weighted by Crippen LogP contribution is 2.61. The number of hydrogen-bond donors (Lipinski definition) is 0. The monoisotopic (exact) mass is 268 g/mol. The summed E-state index contributed by atoms with van der Waals surface area (Å²) in [6.07, 6.45) is 3.81. The summed E-state index contributed by atoms with van der Waals surface area (Å²) in [7, 11) is 0. The molecule has 1 saturated heterocycles. The fourth-order valence-electron chi connectivity index (χ4n) is 4.73. The number of fused-ring (bicyclic) bond motifs is 1. The van der Waals surface area contributed by atoms with Crippen molar-refractivity contribution in [1.82, 2.24) is 0 Å². The van der Waals surface area contributed by atoms with Gasteiger partial charge in [-0.2, -0.15) is 0 Å². The van der Waals surface area contributed by atoms with E-state index in [9.17, 15) is 0 Å². The zero-order chi connectivity index (χ0) is 14.7. The Labute approximate surface area is 119 Å². The molecule has 1 saturated carbocycles. The van der Waals surface area contributed by atoms with Gasteiger partial charge < -0.3 is 0 Å². The van der Waals surface area contributed by atoms with E-state index in [1.807, 2.05) is 0 Å². The highest BCUT2D eigenvalue weighted by atomic mass is 17.3. The van der Waals surface area contributed by atoms with Crippen molar-refractivity contribution >= 4 is 0 Å². The zero-order valence-electron chi connectivity index (χ0n) is 14.1. The van der Waals surface area contributed by atoms with Gasteiger partial charge in [-0.05, 0) is 36.0 Å². The second-order valence-corrected chi connectivity index (χ2v) is 9.60. The fraction of sp³-hybridized carbons (Fsp3) is 1.00. The molecule has 4 unspecified atom stereocenters. The summed E-state index contributed by atoms with van der Waals surface area (Å²) in [4.78, 5) is 11.4. The van der Waals surface area contributed by atoms with Crippen LogP contribution in [0.1, 0.15) is 74.7 Å². The Kier molecular flexibility index (Phi) is 3.39. The quantitative estimate of drug-likeness (QED) is 0.625. The second-order valence-electron chi connectivity index (χ2n) is 9.60. The van der Waals surface area contributed by atoms with Gasteiger partial charge in [0.2, 0.25) is 0 Å². The molecule has 1 heterocycles. The molecule has 4 atom stereocenters. The molecule has 0 aromatic carbocycles. The normalized spacial score (nSPS) is 43.6. The van der Waals surface area contributed by atoms with Crippen molar-refractivity contribution in [3.8, 4) is 0 Å². The molecule has 0 spiro atoms. The first-order valence-corrected chi connectivity index (χ1v) is 7.74. The molecule has 0 radical (unpaired) electrons. The third kappa shape index (κ3) is 2.47. The van der Waals surface area contributed by atoms with E-state index in [4.69, 9.17) is 9.78 Å². The molecule has 0 bridgehead atoms. The molecule has 0 amide bonds. The van der Waals surface area contributed by atoms with Gasteiger partial charge in [0.05, 0.1) is 0 Å². The topological polar surface area (TPSA) is 18.5 Å². The van der Waals surface area contributed by atoms with Crippen molar-refractivity contribution in [3.63, 3.8) is 0 Å². The molecule has 0 aromatic rings. The molecule has 2 rings (SSSR count). The number of hydrogen-bond acceptors (Lipinski definition) is 2. The smallest absolute Gasteiger partial charge is 0.138 e. The van der Waals surface area contributed by atoms with Crippen molar-refractivity contribution in [2.75, 3.05) is 0 Å². The summed E-state index contributed by atoms with van der Waals surface area (Å²) in [5.74, 6) is 0.701. The van der Waals surface area contributed by atoms with E-state index in [0.29, 0.717) is 11.3 Å². The zero-order valence-corrected chi connectivity index (χ0v) is 14.1. The van der Waals surface area contributed by atoms with E-state index in [-0.39, 0.29) is 22.5 Å². The predicted octanol–water partition coefficient (Wildman–Crippen LogP) is 4.97. The lowest BCUT2D eigenvalue weighted by molar-refractivity contribution is -0.558. The average molecular weight is 268 g/mol. The molecule has 2 heteroatoms. The largest absolute Gasteiger partial charge is 0.229 e. The standard InChI is InChI=1S/C17H32O2/c1-12-9-16(8,11-14(2,3)4)13-17(10-12,19-18-13)15(5,6)7/h12-13H,9-11H2,1-8H3. The van der Waals surface area contributed by atoms with E-state index in [0.717, 1.165) is 6.42 Å². The van der Waals surface area contributed by atoms with Crippen molar-refractivity contribution in [3.05, 3.63) is 0 Å². The lowest BCUT2D eigenvalue weighted by atomic mass is 9.52. The third-order valence-electron chi connectivity index (χ3n) is 5.02. The molecule has 2 aliphatic rings. The molecule has 2 fully saturated rings. The fourth-order valence-corrected chi connectivity index (χ4v) is 4.73. The van der Waals surface area contributed by atoms with Crippen LogP contribution < -0.4 is 0 Å². The molecule has 112 valence electrons. The van der Waals surface area contributed by atoms with Gasteiger partial charge in [-0.1, -0.05) is 55.4 Å². The van der Waals surface area contributed by atoms with E-state index in [1.165, 1.54) is 12.8 Å². The maximum Gasteiger partial charge on any atom is 0.138 e. The van der Waals surface area contributed by atoms with Gasteiger partial charge in [0.25, 0.3) is 0 Å². The summed E-state index contributed by atoms with van der Waals surface area (Å²) < 4.78 is 0. The van der Waals surface area contributed by atoms with Gasteiger partial charge in [-0.25, -0.2) is 9.78 Å². The molecule has 1 aliphatic heterocycles. The van der Waals surface area contributed by atoms with Crippen LogP contribution in [0.4, 0.5) is 0 Å². The van der Waals surface area contributed by atoms with E-state index in [1.54, 1.807) is 0 Å². The van der Waals surface area contributed by atoms with Crippen LogP contribution in [-0.2, 0) is 9.78 Å². The van der Waals surface area contributed by atoms with Crippen molar-refractivity contribution in [1.29, 1.82) is 0 Å². The van der Waals surface area contributed by atoms with Crippen molar-refractivity contribution in [2.45, 2.75) is 86.4 Å². The van der Waals surface area contributed by atoms with Crippen LogP contribution >= 0.6 is 0 Å². The van der Waals surface area contributed by atoms with Gasteiger partial charge in [0.1, 0.15) is 11.7 Å². The van der Waals surface area contributed by atoms with E-state index in [2.05, 4.69) is 55.4 Å². The van der Waals surface area contributed by atoms with Gasteiger partial charge in [0, 0.05) is 5.41 Å². The van der Waals surface area contributed by atoms with Gasteiger partial charge in [0.15, 0.2) is 0 Å². The average Bonchev–Trinajstić information content (AvgIpc) is 2.03. The van der Waals surface area contributed by atoms with Crippen molar-refractivity contribution in [2.24, 2.45) is 22.2 Å². The van der Waals surface area contributed by atoms with Crippen molar-refractivity contribution < 1.29 is 9.78 Å². The Morgan fingerprint density at radius 2 is 1.63 bits per heavy atom. The Morgan fingerprint density at radius 3 is 2.00 bits per heavy atom.